The third kappa shape index (κ3) is 5.26. The molecule has 3 aromatic carbocycles. The normalized spacial score (nSPS) is 14.1. The zero-order chi connectivity index (χ0) is 26.8. The van der Waals surface area contributed by atoms with Crippen LogP contribution in [0.2, 0.25) is 0 Å². The summed E-state index contributed by atoms with van der Waals surface area (Å²) in [5.41, 5.74) is 5.69. The van der Waals surface area contributed by atoms with Crippen molar-refractivity contribution < 1.29 is 14.3 Å². The number of hydrogen-bond donors (Lipinski definition) is 2. The molecule has 6 nitrogen and oxygen atoms in total. The number of aromatic amines is 1. The molecule has 0 atom stereocenters. The van der Waals surface area contributed by atoms with Crippen molar-refractivity contribution in [3.05, 3.63) is 108 Å². The van der Waals surface area contributed by atoms with Gasteiger partial charge in [-0.05, 0) is 35.4 Å². The molecular formula is C32H29FN4O2. The molecule has 0 radical (unpaired) electrons. The molecule has 39 heavy (non-hydrogen) atoms. The van der Waals surface area contributed by atoms with Crippen molar-refractivity contribution in [3.8, 4) is 28.1 Å². The van der Waals surface area contributed by atoms with Crippen LogP contribution in [0.25, 0.3) is 33.3 Å². The van der Waals surface area contributed by atoms with E-state index in [1.165, 1.54) is 6.07 Å². The number of nitrogens with zero attached hydrogens (tertiary/aromatic N) is 3. The number of nitrogens with one attached hydrogen (secondary N) is 1. The number of phenolic OH excluding ortho intramolecular Hbond substituents is 1. The number of phenols is 1. The summed E-state index contributed by atoms with van der Waals surface area (Å²) in [4.78, 5) is 24.5. The van der Waals surface area contributed by atoms with E-state index in [1.54, 1.807) is 18.5 Å². The van der Waals surface area contributed by atoms with Gasteiger partial charge in [-0.3, -0.25) is 14.7 Å². The maximum Gasteiger partial charge on any atom is 0.227 e. The van der Waals surface area contributed by atoms with Gasteiger partial charge in [0.05, 0.1) is 23.8 Å². The van der Waals surface area contributed by atoms with Gasteiger partial charge in [0.2, 0.25) is 5.91 Å². The summed E-state index contributed by atoms with van der Waals surface area (Å²) in [6.07, 6.45) is 3.84. The molecule has 0 aliphatic carbocycles. The summed E-state index contributed by atoms with van der Waals surface area (Å²) < 4.78 is 14.0. The van der Waals surface area contributed by atoms with E-state index >= 15 is 0 Å². The first-order chi connectivity index (χ1) is 19.0. The molecule has 7 heteroatoms. The third-order valence-corrected chi connectivity index (χ3v) is 7.45. The number of para-hydroxylation sites is 1. The first kappa shape index (κ1) is 24.8. The van der Waals surface area contributed by atoms with Gasteiger partial charge >= 0.3 is 0 Å². The highest BCUT2D eigenvalue weighted by atomic mass is 19.1. The molecule has 2 aromatic heterocycles. The molecule has 0 unspecified atom stereocenters. The summed E-state index contributed by atoms with van der Waals surface area (Å²) in [7, 11) is 0. The standard InChI is InChI=1S/C32H29FN4O2/c33-28-7-2-1-4-25(28)21-36-14-16-37(17-15-36)31(38)18-22-8-10-23(11-9-22)26-5-3-6-27(32(26)39)29-19-24-12-13-34-20-30(24)35-29/h1-13,19-20,35,39H,14-18,21H2. The van der Waals surface area contributed by atoms with Gasteiger partial charge in [-0.15, -0.1) is 0 Å². The molecular weight excluding hydrogens is 491 g/mol. The van der Waals surface area contributed by atoms with E-state index in [2.05, 4.69) is 14.9 Å². The highest BCUT2D eigenvalue weighted by Crippen LogP contribution is 2.38. The van der Waals surface area contributed by atoms with E-state index in [0.717, 1.165) is 51.9 Å². The Balaban J connectivity index is 1.10. The van der Waals surface area contributed by atoms with E-state index in [-0.39, 0.29) is 17.5 Å². The highest BCUT2D eigenvalue weighted by molar-refractivity contribution is 5.89. The van der Waals surface area contributed by atoms with Crippen molar-refractivity contribution in [1.82, 2.24) is 19.8 Å². The van der Waals surface area contributed by atoms with E-state index in [9.17, 15) is 14.3 Å². The van der Waals surface area contributed by atoms with Crippen molar-refractivity contribution in [2.24, 2.45) is 0 Å². The van der Waals surface area contributed by atoms with E-state index in [0.29, 0.717) is 31.6 Å². The van der Waals surface area contributed by atoms with Crippen molar-refractivity contribution >= 4 is 16.8 Å². The van der Waals surface area contributed by atoms with Crippen molar-refractivity contribution in [2.75, 3.05) is 26.2 Å². The molecule has 1 amide bonds. The Hall–Kier alpha value is -4.49. The summed E-state index contributed by atoms with van der Waals surface area (Å²) in [6, 6.07) is 24.3. The fourth-order valence-corrected chi connectivity index (χ4v) is 5.22. The van der Waals surface area contributed by atoms with Crippen LogP contribution in [0, 0.1) is 5.82 Å². The topological polar surface area (TPSA) is 72.5 Å². The second-order valence-electron chi connectivity index (χ2n) is 9.97. The Morgan fingerprint density at radius 1 is 0.923 bits per heavy atom. The van der Waals surface area contributed by atoms with Crippen LogP contribution in [0.4, 0.5) is 4.39 Å². The van der Waals surface area contributed by atoms with Gasteiger partial charge < -0.3 is 15.0 Å². The quantitative estimate of drug-likeness (QED) is 0.305. The SMILES string of the molecule is O=C(Cc1ccc(-c2cccc(-c3cc4ccncc4[nH]3)c2O)cc1)N1CCN(Cc2ccccc2F)CC1. The van der Waals surface area contributed by atoms with Crippen molar-refractivity contribution in [1.29, 1.82) is 0 Å². The van der Waals surface area contributed by atoms with Crippen LogP contribution in [-0.2, 0) is 17.8 Å². The highest BCUT2D eigenvalue weighted by Gasteiger charge is 2.22. The molecule has 0 spiro atoms. The molecule has 1 aliphatic heterocycles. The first-order valence-corrected chi connectivity index (χ1v) is 13.1. The number of pyridine rings is 1. The Bertz CT molecular complexity index is 1590. The largest absolute Gasteiger partial charge is 0.507 e. The lowest BCUT2D eigenvalue weighted by atomic mass is 9.98. The number of aromatic nitrogens is 2. The fraction of sp³-hybridized carbons (Fsp3) is 0.188. The smallest absolute Gasteiger partial charge is 0.227 e. The van der Waals surface area contributed by atoms with Gasteiger partial charge in [-0.1, -0.05) is 54.6 Å². The molecule has 3 heterocycles. The van der Waals surface area contributed by atoms with Gasteiger partial charge in [-0.25, -0.2) is 4.39 Å². The third-order valence-electron chi connectivity index (χ3n) is 7.45. The maximum absolute atomic E-state index is 14.0. The summed E-state index contributed by atoms with van der Waals surface area (Å²) in [6.45, 7) is 3.27. The number of benzene rings is 3. The molecule has 1 saturated heterocycles. The average Bonchev–Trinajstić information content (AvgIpc) is 3.39. The maximum atomic E-state index is 14.0. The van der Waals surface area contributed by atoms with Crippen LogP contribution in [0.5, 0.6) is 5.75 Å². The Kier molecular flexibility index (Phi) is 6.82. The summed E-state index contributed by atoms with van der Waals surface area (Å²) in [5, 5.41) is 12.1. The van der Waals surface area contributed by atoms with E-state index in [1.807, 2.05) is 71.6 Å². The summed E-state index contributed by atoms with van der Waals surface area (Å²) in [5.74, 6) is 0.107. The number of rotatable bonds is 6. The van der Waals surface area contributed by atoms with Crippen LogP contribution >= 0.6 is 0 Å². The monoisotopic (exact) mass is 520 g/mol. The van der Waals surface area contributed by atoms with E-state index in [4.69, 9.17) is 0 Å². The molecule has 196 valence electrons. The van der Waals surface area contributed by atoms with Crippen LogP contribution < -0.4 is 0 Å². The molecule has 1 aliphatic rings. The zero-order valence-corrected chi connectivity index (χ0v) is 21.5. The number of hydrogen-bond acceptors (Lipinski definition) is 4. The number of H-pyrrole nitrogens is 1. The van der Waals surface area contributed by atoms with Crippen molar-refractivity contribution in [2.45, 2.75) is 13.0 Å². The molecule has 1 fully saturated rings. The second-order valence-corrected chi connectivity index (χ2v) is 9.97. The number of aromatic hydroxyl groups is 1. The average molecular weight is 521 g/mol. The fourth-order valence-electron chi connectivity index (χ4n) is 5.22. The number of piperazine rings is 1. The van der Waals surface area contributed by atoms with Gasteiger partial charge in [0.1, 0.15) is 11.6 Å². The minimum atomic E-state index is -0.185. The summed E-state index contributed by atoms with van der Waals surface area (Å²) >= 11 is 0. The molecule has 2 N–H and O–H groups in total. The number of fused-ring (bicyclic) bond motifs is 1. The lowest BCUT2D eigenvalue weighted by Gasteiger charge is -2.35. The number of carbonyl (C=O) groups is 1. The van der Waals surface area contributed by atoms with Crippen LogP contribution in [0.15, 0.2) is 91.3 Å². The predicted molar refractivity (Wildman–Crippen MR) is 151 cm³/mol. The Morgan fingerprint density at radius 2 is 1.69 bits per heavy atom. The number of carbonyl (C=O) groups excluding carboxylic acids is 1. The van der Waals surface area contributed by atoms with Crippen LogP contribution in [0.3, 0.4) is 0 Å². The number of halogens is 1. The lowest BCUT2D eigenvalue weighted by molar-refractivity contribution is -0.132. The minimum absolute atomic E-state index is 0.0893. The number of amides is 1. The Morgan fingerprint density at radius 3 is 2.46 bits per heavy atom. The molecule has 5 aromatic rings. The van der Waals surface area contributed by atoms with Gasteiger partial charge in [0.15, 0.2) is 0 Å². The van der Waals surface area contributed by atoms with Gasteiger partial charge in [0, 0.05) is 61.0 Å². The zero-order valence-electron chi connectivity index (χ0n) is 21.5. The van der Waals surface area contributed by atoms with Crippen molar-refractivity contribution in [3.63, 3.8) is 0 Å². The minimum Gasteiger partial charge on any atom is -0.507 e. The molecule has 0 saturated carbocycles. The van der Waals surface area contributed by atoms with E-state index < -0.39 is 0 Å². The predicted octanol–water partition coefficient (Wildman–Crippen LogP) is 5.63. The second kappa shape index (κ2) is 10.7. The van der Waals surface area contributed by atoms with Gasteiger partial charge in [0.25, 0.3) is 0 Å². The van der Waals surface area contributed by atoms with Gasteiger partial charge in [-0.2, -0.15) is 0 Å². The van der Waals surface area contributed by atoms with Crippen LogP contribution in [-0.4, -0.2) is 57.0 Å². The first-order valence-electron chi connectivity index (χ1n) is 13.1. The molecule has 6 rings (SSSR count). The Labute approximate surface area is 226 Å². The lowest BCUT2D eigenvalue weighted by Crippen LogP contribution is -2.48. The molecule has 0 bridgehead atoms. The van der Waals surface area contributed by atoms with Crippen LogP contribution in [0.1, 0.15) is 11.1 Å².